The van der Waals surface area contributed by atoms with Crippen LogP contribution in [0.25, 0.3) is 0 Å². The Morgan fingerprint density at radius 1 is 1.38 bits per heavy atom. The predicted octanol–water partition coefficient (Wildman–Crippen LogP) is 3.39. The Hall–Kier alpha value is -0.660. The van der Waals surface area contributed by atoms with Crippen LogP contribution in [-0.4, -0.2) is 32.3 Å². The summed E-state index contributed by atoms with van der Waals surface area (Å²) >= 11 is 2.84. The third kappa shape index (κ3) is 3.76. The summed E-state index contributed by atoms with van der Waals surface area (Å²) in [5.41, 5.74) is -0.00974. The first kappa shape index (κ1) is 16.7. The molecule has 0 N–H and O–H groups in total. The molecule has 4 nitrogen and oxygen atoms in total. The Labute approximate surface area is 135 Å². The van der Waals surface area contributed by atoms with Gasteiger partial charge < -0.3 is 4.90 Å². The normalized spacial score (nSPS) is 17.0. The van der Waals surface area contributed by atoms with Gasteiger partial charge in [-0.2, -0.15) is 0 Å². The van der Waals surface area contributed by atoms with Crippen molar-refractivity contribution in [1.82, 2.24) is 4.90 Å². The van der Waals surface area contributed by atoms with Crippen LogP contribution in [-0.2, 0) is 9.05 Å². The minimum absolute atomic E-state index is 0.00974. The van der Waals surface area contributed by atoms with Crippen molar-refractivity contribution in [3.63, 3.8) is 0 Å². The molecule has 8 heteroatoms. The SMILES string of the molecule is CC1CCN(C(=O)c2cc(F)c(Br)c(S(=O)(=O)Cl)c2)CC1. The molecule has 1 fully saturated rings. The molecule has 1 amide bonds. The van der Waals surface area contributed by atoms with E-state index in [1.165, 1.54) is 0 Å². The van der Waals surface area contributed by atoms with E-state index in [2.05, 4.69) is 22.9 Å². The molecule has 0 radical (unpaired) electrons. The molecule has 1 aliphatic heterocycles. The van der Waals surface area contributed by atoms with E-state index in [9.17, 15) is 17.6 Å². The molecule has 1 aromatic rings. The lowest BCUT2D eigenvalue weighted by Gasteiger charge is -2.30. The number of rotatable bonds is 2. The molecule has 1 aromatic carbocycles. The van der Waals surface area contributed by atoms with Crippen LogP contribution in [0, 0.1) is 11.7 Å². The molecule has 0 spiro atoms. The van der Waals surface area contributed by atoms with Crippen LogP contribution in [0.2, 0.25) is 0 Å². The van der Waals surface area contributed by atoms with Gasteiger partial charge in [0.1, 0.15) is 10.7 Å². The molecule has 1 heterocycles. The van der Waals surface area contributed by atoms with Gasteiger partial charge in [-0.05, 0) is 46.8 Å². The van der Waals surface area contributed by atoms with Crippen LogP contribution in [0.5, 0.6) is 0 Å². The van der Waals surface area contributed by atoms with E-state index in [0.29, 0.717) is 19.0 Å². The number of carbonyl (C=O) groups is 1. The van der Waals surface area contributed by atoms with Crippen LogP contribution >= 0.6 is 26.6 Å². The van der Waals surface area contributed by atoms with Gasteiger partial charge in [0.2, 0.25) is 0 Å². The maximum absolute atomic E-state index is 13.8. The van der Waals surface area contributed by atoms with Crippen LogP contribution in [0.4, 0.5) is 4.39 Å². The largest absolute Gasteiger partial charge is 0.339 e. The fraction of sp³-hybridized carbons (Fsp3) is 0.462. The van der Waals surface area contributed by atoms with E-state index in [0.717, 1.165) is 25.0 Å². The van der Waals surface area contributed by atoms with Crippen LogP contribution in [0.15, 0.2) is 21.5 Å². The minimum atomic E-state index is -4.14. The second-order valence-electron chi connectivity index (χ2n) is 5.18. The average Bonchev–Trinajstić information content (AvgIpc) is 2.40. The maximum Gasteiger partial charge on any atom is 0.262 e. The fourth-order valence-corrected chi connectivity index (χ4v) is 4.35. The summed E-state index contributed by atoms with van der Waals surface area (Å²) in [6, 6.07) is 2.13. The zero-order valence-corrected chi connectivity index (χ0v) is 14.4. The number of amides is 1. The zero-order chi connectivity index (χ0) is 15.8. The third-order valence-corrected chi connectivity index (χ3v) is 5.99. The summed E-state index contributed by atoms with van der Waals surface area (Å²) in [6.07, 6.45) is 1.76. The summed E-state index contributed by atoms with van der Waals surface area (Å²) in [4.78, 5) is 13.5. The monoisotopic (exact) mass is 397 g/mol. The number of likely N-dealkylation sites (tertiary alicyclic amines) is 1. The Morgan fingerprint density at radius 2 is 1.95 bits per heavy atom. The van der Waals surface area contributed by atoms with Crippen molar-refractivity contribution in [2.45, 2.75) is 24.7 Å². The van der Waals surface area contributed by atoms with Gasteiger partial charge in [0.15, 0.2) is 0 Å². The molecule has 0 atom stereocenters. The lowest BCUT2D eigenvalue weighted by molar-refractivity contribution is 0.0696. The Balaban J connectivity index is 2.36. The van der Waals surface area contributed by atoms with Crippen LogP contribution < -0.4 is 0 Å². The molecule has 0 saturated carbocycles. The van der Waals surface area contributed by atoms with Gasteiger partial charge in [-0.1, -0.05) is 6.92 Å². The molecule has 1 saturated heterocycles. The Morgan fingerprint density at radius 3 is 2.48 bits per heavy atom. The number of piperidine rings is 1. The van der Waals surface area contributed by atoms with Gasteiger partial charge in [-0.25, -0.2) is 12.8 Å². The summed E-state index contributed by atoms with van der Waals surface area (Å²) in [5, 5.41) is 0. The van der Waals surface area contributed by atoms with Crippen molar-refractivity contribution in [2.75, 3.05) is 13.1 Å². The van der Waals surface area contributed by atoms with Crippen molar-refractivity contribution in [2.24, 2.45) is 5.92 Å². The van der Waals surface area contributed by atoms with E-state index in [4.69, 9.17) is 10.7 Å². The highest BCUT2D eigenvalue weighted by Gasteiger charge is 2.25. The summed E-state index contributed by atoms with van der Waals surface area (Å²) in [6.45, 7) is 3.28. The van der Waals surface area contributed by atoms with E-state index in [1.807, 2.05) is 0 Å². The number of hydrogen-bond acceptors (Lipinski definition) is 3. The van der Waals surface area contributed by atoms with E-state index < -0.39 is 19.8 Å². The highest BCUT2D eigenvalue weighted by molar-refractivity contribution is 9.10. The maximum atomic E-state index is 13.8. The van der Waals surface area contributed by atoms with Crippen molar-refractivity contribution < 1.29 is 17.6 Å². The van der Waals surface area contributed by atoms with Crippen molar-refractivity contribution >= 4 is 41.6 Å². The highest BCUT2D eigenvalue weighted by atomic mass is 79.9. The zero-order valence-electron chi connectivity index (χ0n) is 11.3. The summed E-state index contributed by atoms with van der Waals surface area (Å²) in [7, 11) is 1.13. The molecule has 0 aromatic heterocycles. The first-order valence-electron chi connectivity index (χ1n) is 6.43. The second-order valence-corrected chi connectivity index (χ2v) is 8.51. The summed E-state index contributed by atoms with van der Waals surface area (Å²) in [5.74, 6) is -0.658. The van der Waals surface area contributed by atoms with Crippen LogP contribution in [0.3, 0.4) is 0 Å². The second kappa shape index (κ2) is 6.22. The number of halogens is 3. The first-order valence-corrected chi connectivity index (χ1v) is 9.53. The number of benzene rings is 1. The molecular formula is C13H14BrClFNO3S. The van der Waals surface area contributed by atoms with Gasteiger partial charge in [0.25, 0.3) is 15.0 Å². The molecule has 2 rings (SSSR count). The highest BCUT2D eigenvalue weighted by Crippen LogP contribution is 2.30. The quantitative estimate of drug-likeness (QED) is 0.718. The predicted molar refractivity (Wildman–Crippen MR) is 81.4 cm³/mol. The number of hydrogen-bond donors (Lipinski definition) is 0. The van der Waals surface area contributed by atoms with Gasteiger partial charge in [0, 0.05) is 29.3 Å². The molecule has 0 bridgehead atoms. The van der Waals surface area contributed by atoms with Gasteiger partial charge in [-0.15, -0.1) is 0 Å². The third-order valence-electron chi connectivity index (χ3n) is 3.58. The molecular weight excluding hydrogens is 385 g/mol. The van der Waals surface area contributed by atoms with E-state index in [1.54, 1.807) is 4.90 Å². The fourth-order valence-electron chi connectivity index (χ4n) is 2.26. The lowest BCUT2D eigenvalue weighted by Crippen LogP contribution is -2.38. The van der Waals surface area contributed by atoms with E-state index in [-0.39, 0.29) is 15.9 Å². The topological polar surface area (TPSA) is 54.5 Å². The average molecular weight is 399 g/mol. The Kier molecular flexibility index (Phi) is 4.95. The molecule has 0 aliphatic carbocycles. The van der Waals surface area contributed by atoms with E-state index >= 15 is 0 Å². The lowest BCUT2D eigenvalue weighted by atomic mass is 9.98. The smallest absolute Gasteiger partial charge is 0.262 e. The standard InChI is InChI=1S/C13H14BrClFNO3S/c1-8-2-4-17(5-3-8)13(18)9-6-10(16)12(14)11(7-9)21(15,19)20/h6-8H,2-5H2,1H3. The molecule has 0 unspecified atom stereocenters. The van der Waals surface area contributed by atoms with Gasteiger partial charge >= 0.3 is 0 Å². The van der Waals surface area contributed by atoms with Gasteiger partial charge in [-0.3, -0.25) is 4.79 Å². The number of nitrogens with zero attached hydrogens (tertiary/aromatic N) is 1. The molecule has 116 valence electrons. The van der Waals surface area contributed by atoms with Gasteiger partial charge in [0.05, 0.1) is 4.47 Å². The van der Waals surface area contributed by atoms with Crippen molar-refractivity contribution in [3.8, 4) is 0 Å². The first-order chi connectivity index (χ1) is 9.70. The van der Waals surface area contributed by atoms with Crippen molar-refractivity contribution in [1.29, 1.82) is 0 Å². The molecule has 21 heavy (non-hydrogen) atoms. The Bertz CT molecular complexity index is 672. The van der Waals surface area contributed by atoms with Crippen molar-refractivity contribution in [3.05, 3.63) is 28.0 Å². The molecule has 1 aliphatic rings. The number of carbonyl (C=O) groups excluding carboxylic acids is 1. The van der Waals surface area contributed by atoms with Crippen LogP contribution in [0.1, 0.15) is 30.1 Å². The summed E-state index contributed by atoms with van der Waals surface area (Å²) < 4.78 is 36.4. The minimum Gasteiger partial charge on any atom is -0.339 e.